The third-order valence-electron chi connectivity index (χ3n) is 10.6. The van der Waals surface area contributed by atoms with Gasteiger partial charge in [-0.3, -0.25) is 13.5 Å². The first-order valence-corrected chi connectivity index (χ1v) is 25.4. The molecular formula is C47H53N11O14S2. The second-order valence-electron chi connectivity index (χ2n) is 15.6. The van der Waals surface area contributed by atoms with Crippen molar-refractivity contribution in [2.75, 3.05) is 92.6 Å². The number of aliphatic hydroxyl groups excluding tert-OH is 4. The van der Waals surface area contributed by atoms with Gasteiger partial charge in [-0.25, -0.2) is 4.79 Å². The van der Waals surface area contributed by atoms with Crippen LogP contribution in [0.15, 0.2) is 89.8 Å². The van der Waals surface area contributed by atoms with E-state index in [1.54, 1.807) is 54.6 Å². The van der Waals surface area contributed by atoms with Gasteiger partial charge in [0.15, 0.2) is 0 Å². The molecule has 0 amide bonds. The fraction of sp³-hybridized carbons (Fsp3) is 0.277. The number of nitrogens with zero attached hydrogens (tertiary/aromatic N) is 8. The summed E-state index contributed by atoms with van der Waals surface area (Å²) in [6, 6.07) is 22.3. The van der Waals surface area contributed by atoms with Crippen molar-refractivity contribution in [3.8, 4) is 0 Å². The minimum Gasteiger partial charge on any atom is -0.465 e. The topological polar surface area (TPSA) is 351 Å². The van der Waals surface area contributed by atoms with E-state index in [0.717, 1.165) is 7.11 Å². The number of para-hydroxylation sites is 2. The number of hydrogen-bond donors (Lipinski definition) is 8. The average molecular weight is 1060 g/mol. The van der Waals surface area contributed by atoms with Crippen LogP contribution >= 0.6 is 0 Å². The Balaban J connectivity index is 1.35. The van der Waals surface area contributed by atoms with Gasteiger partial charge in [-0.2, -0.15) is 46.7 Å². The third kappa shape index (κ3) is 15.4. The molecule has 0 aliphatic rings. The molecule has 6 rings (SSSR count). The summed E-state index contributed by atoms with van der Waals surface area (Å²) in [6.45, 7) is -0.817. The molecule has 0 radical (unpaired) electrons. The van der Waals surface area contributed by atoms with Gasteiger partial charge >= 0.3 is 5.97 Å². The molecule has 25 nitrogen and oxygen atoms in total. The molecule has 0 fully saturated rings. The zero-order valence-electron chi connectivity index (χ0n) is 39.9. The van der Waals surface area contributed by atoms with Gasteiger partial charge in [-0.05, 0) is 52.6 Å². The Labute approximate surface area is 425 Å². The van der Waals surface area contributed by atoms with E-state index in [4.69, 9.17) is 13.7 Å². The first kappa shape index (κ1) is 55.6. The van der Waals surface area contributed by atoms with Crippen LogP contribution in [0.5, 0.6) is 0 Å². The number of nitrogens with one attached hydrogen (secondary N) is 3. The number of ether oxygens (including phenoxy) is 2. The Bertz CT molecular complexity index is 3160. The molecule has 0 spiro atoms. The fourth-order valence-corrected chi connectivity index (χ4v) is 8.74. The maximum absolute atomic E-state index is 13.5. The van der Waals surface area contributed by atoms with Crippen LogP contribution in [-0.4, -0.2) is 151 Å². The highest BCUT2D eigenvalue weighted by Gasteiger charge is 2.22. The number of carbonyl (C=O) groups is 2. The molecule has 392 valence electrons. The molecule has 0 saturated heterocycles. The van der Waals surface area contributed by atoms with Crippen LogP contribution in [-0.2, 0) is 57.5 Å². The quantitative estimate of drug-likeness (QED) is 0.0115. The Kier molecular flexibility index (Phi) is 19.7. The van der Waals surface area contributed by atoms with E-state index in [-0.39, 0.29) is 140 Å². The predicted octanol–water partition coefficient (Wildman–Crippen LogP) is 2.81. The number of methoxy groups -OCH3 is 1. The van der Waals surface area contributed by atoms with Crippen LogP contribution in [0.25, 0.3) is 12.2 Å². The number of carbonyl (C=O) groups excluding carboxylic acids is 2. The van der Waals surface area contributed by atoms with Crippen molar-refractivity contribution < 1.29 is 65.1 Å². The molecule has 6 aromatic rings. The Morgan fingerprint density at radius 2 is 1.22 bits per heavy atom. The van der Waals surface area contributed by atoms with Crippen LogP contribution in [0, 0.1) is 0 Å². The number of aromatic nitrogens is 6. The Morgan fingerprint density at radius 1 is 0.649 bits per heavy atom. The minimum atomic E-state index is -4.63. The van der Waals surface area contributed by atoms with Crippen molar-refractivity contribution in [2.24, 2.45) is 0 Å². The van der Waals surface area contributed by atoms with Gasteiger partial charge in [0.05, 0.1) is 51.9 Å². The highest BCUT2D eigenvalue weighted by molar-refractivity contribution is 7.86. The predicted molar refractivity (Wildman–Crippen MR) is 271 cm³/mol. The number of aliphatic hydroxyl groups is 4. The smallest absolute Gasteiger partial charge is 0.339 e. The summed E-state index contributed by atoms with van der Waals surface area (Å²) in [7, 11) is -6.89. The lowest BCUT2D eigenvalue weighted by Gasteiger charge is -2.22. The summed E-state index contributed by atoms with van der Waals surface area (Å²) >= 11 is 0. The first-order valence-electron chi connectivity index (χ1n) is 22.4. The molecule has 0 aliphatic heterocycles. The summed E-state index contributed by atoms with van der Waals surface area (Å²) in [5, 5.41) is 48.1. The van der Waals surface area contributed by atoms with Gasteiger partial charge < -0.3 is 55.7 Å². The highest BCUT2D eigenvalue weighted by atomic mass is 32.2. The van der Waals surface area contributed by atoms with Gasteiger partial charge in [-0.1, -0.05) is 66.7 Å². The lowest BCUT2D eigenvalue weighted by atomic mass is 10.0. The molecular weight excluding hydrogens is 1010 g/mol. The number of rotatable bonds is 28. The molecule has 4 aromatic carbocycles. The maximum atomic E-state index is 13.5. The number of hydrogen-bond acceptors (Lipinski definition) is 24. The third-order valence-corrected chi connectivity index (χ3v) is 12.6. The fourth-order valence-electron chi connectivity index (χ4n) is 7.22. The lowest BCUT2D eigenvalue weighted by Crippen LogP contribution is -2.32. The highest BCUT2D eigenvalue weighted by Crippen LogP contribution is 2.29. The number of anilines is 8. The van der Waals surface area contributed by atoms with Crippen molar-refractivity contribution in [3.05, 3.63) is 124 Å². The summed E-state index contributed by atoms with van der Waals surface area (Å²) in [5.74, 6) is -1.33. The monoisotopic (exact) mass is 1060 g/mol. The van der Waals surface area contributed by atoms with E-state index in [9.17, 15) is 51.4 Å². The van der Waals surface area contributed by atoms with Gasteiger partial charge in [-0.15, -0.1) is 0 Å². The summed E-state index contributed by atoms with van der Waals surface area (Å²) < 4.78 is 76.6. The lowest BCUT2D eigenvalue weighted by molar-refractivity contribution is -0.129. The molecule has 2 aromatic heterocycles. The standard InChI is InChI=1S/C47H53N11O14S2/c1-70-42(64)37-8-4-6-10-39(37)50-45-53-43(54-47(56-45)58(19-23-61)20-24-62)48-36-16-15-33(40(27-36)74(68,69)71-2)14-13-32-12-11-31(25-35(32)29-73(65,66)67)26-41-51-44(55-46(52-41)57(17-21-59)18-22-60)49-38-9-5-3-7-34(38)28-72-30-63/h3-16,25,27,30,59-62H,17-24,26,28-29H2,1-2H3,(H,65,66,67)(H,49,51,52,55)(H2,48,50,53,54,56)/b14-13+. The normalized spacial score (nSPS) is 11.6. The van der Waals surface area contributed by atoms with E-state index in [0.29, 0.717) is 23.3 Å². The van der Waals surface area contributed by atoms with Crippen molar-refractivity contribution >= 4 is 91.6 Å². The van der Waals surface area contributed by atoms with Crippen molar-refractivity contribution in [2.45, 2.75) is 23.7 Å². The molecule has 0 saturated carbocycles. The molecule has 0 atom stereocenters. The average Bonchev–Trinajstić information content (AvgIpc) is 3.37. The molecule has 0 unspecified atom stereocenters. The van der Waals surface area contributed by atoms with Gasteiger partial charge in [0.2, 0.25) is 29.7 Å². The molecule has 74 heavy (non-hydrogen) atoms. The Hall–Kier alpha value is -7.76. The SMILES string of the molecule is COC(=O)c1ccccc1Nc1nc(Nc2ccc(/C=C/c3ccc(Cc4nc(Nc5ccccc5COC=O)nc(N(CCO)CCO)n4)cc3CS(=O)(=O)O)c(S(=O)(=O)OC)c2)nc(N(CCO)CCO)n1. The summed E-state index contributed by atoms with van der Waals surface area (Å²) in [6.07, 6.45) is 2.85. The molecule has 0 aliphatic carbocycles. The molecule has 27 heteroatoms. The van der Waals surface area contributed by atoms with Crippen LogP contribution < -0.4 is 25.8 Å². The maximum Gasteiger partial charge on any atom is 0.339 e. The second-order valence-corrected chi connectivity index (χ2v) is 18.8. The number of esters is 1. The molecule has 8 N–H and O–H groups in total. The van der Waals surface area contributed by atoms with Crippen molar-refractivity contribution in [1.82, 2.24) is 29.9 Å². The summed E-state index contributed by atoms with van der Waals surface area (Å²) in [5.41, 5.74) is 2.68. The van der Waals surface area contributed by atoms with Crippen LogP contribution in [0.1, 0.15) is 44.0 Å². The van der Waals surface area contributed by atoms with Gasteiger partial charge in [0.1, 0.15) is 23.1 Å². The molecule has 2 heterocycles. The van der Waals surface area contributed by atoms with E-state index < -0.39 is 32.0 Å². The van der Waals surface area contributed by atoms with Crippen LogP contribution in [0.2, 0.25) is 0 Å². The van der Waals surface area contributed by atoms with Crippen molar-refractivity contribution in [3.63, 3.8) is 0 Å². The van der Waals surface area contributed by atoms with Gasteiger partial charge in [0, 0.05) is 49.5 Å². The van der Waals surface area contributed by atoms with E-state index in [2.05, 4.69) is 45.9 Å². The van der Waals surface area contributed by atoms with E-state index in [1.807, 2.05) is 0 Å². The Morgan fingerprint density at radius 3 is 1.84 bits per heavy atom. The van der Waals surface area contributed by atoms with E-state index >= 15 is 0 Å². The zero-order chi connectivity index (χ0) is 53.3. The number of benzene rings is 4. The van der Waals surface area contributed by atoms with E-state index in [1.165, 1.54) is 59.4 Å². The molecule has 0 bridgehead atoms. The zero-order valence-corrected chi connectivity index (χ0v) is 41.5. The van der Waals surface area contributed by atoms with Gasteiger partial charge in [0.25, 0.3) is 26.7 Å². The van der Waals surface area contributed by atoms with Crippen LogP contribution in [0.3, 0.4) is 0 Å². The second kappa shape index (κ2) is 26.3. The van der Waals surface area contributed by atoms with Crippen molar-refractivity contribution in [1.29, 1.82) is 0 Å². The minimum absolute atomic E-state index is 0.00266. The first-order chi connectivity index (χ1) is 35.6. The van der Waals surface area contributed by atoms with Crippen LogP contribution in [0.4, 0.5) is 46.8 Å². The summed E-state index contributed by atoms with van der Waals surface area (Å²) in [4.78, 5) is 53.2. The largest absolute Gasteiger partial charge is 0.465 e.